The van der Waals surface area contributed by atoms with E-state index in [4.69, 9.17) is 4.74 Å². The second kappa shape index (κ2) is 9.61. The fourth-order valence-electron chi connectivity index (χ4n) is 7.05. The van der Waals surface area contributed by atoms with Gasteiger partial charge in [0.05, 0.1) is 0 Å². The van der Waals surface area contributed by atoms with Crippen LogP contribution in [0.25, 0.3) is 0 Å². The maximum Gasteiger partial charge on any atom is 0.414 e. The SMILES string of the molecule is Cc1cnc(NC(=O)CCC2CC(=O)C3(C)CCC4c5ccc(OC(=O)N(C)C)cc5CCC4C23)s1. The maximum absolute atomic E-state index is 13.2. The molecule has 5 atom stereocenters. The van der Waals surface area contributed by atoms with E-state index in [0.29, 0.717) is 47.3 Å². The monoisotopic (exact) mass is 509 g/mol. The molecular formula is C28H35N3O4S. The van der Waals surface area contributed by atoms with E-state index in [1.165, 1.54) is 27.4 Å². The van der Waals surface area contributed by atoms with E-state index in [-0.39, 0.29) is 23.3 Å². The summed E-state index contributed by atoms with van der Waals surface area (Å²) in [7, 11) is 3.35. The number of benzene rings is 1. The average molecular weight is 510 g/mol. The molecule has 3 aliphatic rings. The molecule has 7 nitrogen and oxygen atoms in total. The first-order chi connectivity index (χ1) is 17.2. The minimum Gasteiger partial charge on any atom is -0.410 e. The van der Waals surface area contributed by atoms with E-state index < -0.39 is 0 Å². The Morgan fingerprint density at radius 3 is 2.81 bits per heavy atom. The van der Waals surface area contributed by atoms with Crippen LogP contribution in [0.1, 0.15) is 67.4 Å². The van der Waals surface area contributed by atoms with Gasteiger partial charge in [-0.05, 0) is 86.0 Å². The highest BCUT2D eigenvalue weighted by molar-refractivity contribution is 7.15. The van der Waals surface area contributed by atoms with Crippen molar-refractivity contribution < 1.29 is 19.1 Å². The molecule has 8 heteroatoms. The summed E-state index contributed by atoms with van der Waals surface area (Å²) in [5.74, 6) is 2.33. The van der Waals surface area contributed by atoms with E-state index in [9.17, 15) is 14.4 Å². The highest BCUT2D eigenvalue weighted by atomic mass is 32.1. The number of ketones is 1. The molecule has 1 aromatic carbocycles. The number of anilines is 1. The number of hydrogen-bond donors (Lipinski definition) is 1. The molecule has 192 valence electrons. The number of amides is 2. The number of carbonyl (C=O) groups is 3. The molecule has 5 unspecified atom stereocenters. The zero-order valence-electron chi connectivity index (χ0n) is 21.5. The van der Waals surface area contributed by atoms with Gasteiger partial charge in [0.1, 0.15) is 11.5 Å². The van der Waals surface area contributed by atoms with Crippen LogP contribution in [0.2, 0.25) is 0 Å². The van der Waals surface area contributed by atoms with E-state index in [1.807, 2.05) is 19.1 Å². The molecule has 0 saturated heterocycles. The summed E-state index contributed by atoms with van der Waals surface area (Å²) in [6, 6.07) is 6.05. The summed E-state index contributed by atoms with van der Waals surface area (Å²) < 4.78 is 5.49. The fraction of sp³-hybridized carbons (Fsp3) is 0.571. The van der Waals surface area contributed by atoms with Crippen LogP contribution < -0.4 is 10.1 Å². The van der Waals surface area contributed by atoms with Crippen molar-refractivity contribution in [3.8, 4) is 5.75 Å². The number of aromatic nitrogens is 1. The number of rotatable bonds is 5. The van der Waals surface area contributed by atoms with E-state index in [0.717, 1.165) is 37.0 Å². The first-order valence-electron chi connectivity index (χ1n) is 12.9. The van der Waals surface area contributed by atoms with Crippen molar-refractivity contribution in [2.45, 2.75) is 64.7 Å². The van der Waals surface area contributed by atoms with Gasteiger partial charge < -0.3 is 15.0 Å². The first-order valence-corrected chi connectivity index (χ1v) is 13.7. The Bertz CT molecular complexity index is 1190. The van der Waals surface area contributed by atoms with E-state index in [2.05, 4.69) is 23.3 Å². The molecule has 1 aromatic heterocycles. The molecular weight excluding hydrogens is 474 g/mol. The number of aryl methyl sites for hydroxylation is 2. The van der Waals surface area contributed by atoms with Crippen LogP contribution in [0, 0.1) is 30.1 Å². The molecule has 1 heterocycles. The highest BCUT2D eigenvalue weighted by Crippen LogP contribution is 2.62. The Kier molecular flexibility index (Phi) is 6.66. The van der Waals surface area contributed by atoms with Gasteiger partial charge in [0.2, 0.25) is 5.91 Å². The molecule has 2 fully saturated rings. The number of nitrogens with zero attached hydrogens (tertiary/aromatic N) is 2. The van der Waals surface area contributed by atoms with Crippen LogP contribution in [0.3, 0.4) is 0 Å². The standard InChI is InChI=1S/C28H35N3O4S/c1-16-15-29-26(36-16)30-24(33)10-6-18-14-23(32)28(2)12-11-21-20-9-7-19(35-27(34)31(3)4)13-17(20)5-8-22(21)25(18)28/h7,9,13,15,18,21-22,25H,5-6,8,10-12,14H2,1-4H3,(H,29,30,33). The van der Waals surface area contributed by atoms with Crippen LogP contribution in [0.15, 0.2) is 24.4 Å². The largest absolute Gasteiger partial charge is 0.414 e. The van der Waals surface area contributed by atoms with Gasteiger partial charge in [-0.2, -0.15) is 0 Å². The second-order valence-electron chi connectivity index (χ2n) is 11.2. The van der Waals surface area contributed by atoms with Crippen molar-refractivity contribution in [3.05, 3.63) is 40.4 Å². The first kappa shape index (κ1) is 24.9. The molecule has 5 rings (SSSR count). The van der Waals surface area contributed by atoms with Crippen molar-refractivity contribution in [2.75, 3.05) is 19.4 Å². The van der Waals surface area contributed by atoms with Crippen molar-refractivity contribution in [3.63, 3.8) is 0 Å². The Hall–Kier alpha value is -2.74. The highest BCUT2D eigenvalue weighted by Gasteiger charge is 2.58. The molecule has 1 N–H and O–H groups in total. The zero-order valence-corrected chi connectivity index (χ0v) is 22.3. The number of ether oxygens (including phenoxy) is 1. The van der Waals surface area contributed by atoms with Crippen LogP contribution >= 0.6 is 11.3 Å². The zero-order chi connectivity index (χ0) is 25.6. The van der Waals surface area contributed by atoms with Gasteiger partial charge in [-0.1, -0.05) is 13.0 Å². The molecule has 2 saturated carbocycles. The molecule has 0 aliphatic heterocycles. The molecule has 36 heavy (non-hydrogen) atoms. The Morgan fingerprint density at radius 1 is 1.28 bits per heavy atom. The molecule has 2 aromatic rings. The number of carbonyl (C=O) groups excluding carboxylic acids is 3. The minimum atomic E-state index is -0.376. The maximum atomic E-state index is 13.2. The lowest BCUT2D eigenvalue weighted by molar-refractivity contribution is -0.129. The molecule has 0 spiro atoms. The second-order valence-corrected chi connectivity index (χ2v) is 12.4. The summed E-state index contributed by atoms with van der Waals surface area (Å²) >= 11 is 1.48. The number of nitrogens with one attached hydrogen (secondary N) is 1. The van der Waals surface area contributed by atoms with Crippen LogP contribution in [-0.2, 0) is 16.0 Å². The van der Waals surface area contributed by atoms with E-state index >= 15 is 0 Å². The lowest BCUT2D eigenvalue weighted by atomic mass is 9.54. The van der Waals surface area contributed by atoms with Crippen LogP contribution in [0.4, 0.5) is 9.93 Å². The topological polar surface area (TPSA) is 88.6 Å². The smallest absolute Gasteiger partial charge is 0.410 e. The van der Waals surface area contributed by atoms with Crippen molar-refractivity contribution in [2.24, 2.45) is 23.2 Å². The van der Waals surface area contributed by atoms with Crippen molar-refractivity contribution in [1.29, 1.82) is 0 Å². The summed E-state index contributed by atoms with van der Waals surface area (Å²) in [4.78, 5) is 44.6. The summed E-state index contributed by atoms with van der Waals surface area (Å²) in [6.45, 7) is 4.14. The normalized spacial score (nSPS) is 28.6. The molecule has 0 bridgehead atoms. The number of hydrogen-bond acceptors (Lipinski definition) is 6. The summed E-state index contributed by atoms with van der Waals surface area (Å²) in [6.07, 6.45) is 6.96. The van der Waals surface area contributed by atoms with Gasteiger partial charge in [0.25, 0.3) is 0 Å². The third-order valence-corrected chi connectivity index (χ3v) is 9.55. The van der Waals surface area contributed by atoms with Gasteiger partial charge in [-0.3, -0.25) is 9.59 Å². The summed E-state index contributed by atoms with van der Waals surface area (Å²) in [5, 5.41) is 3.56. The number of fused-ring (bicyclic) bond motifs is 5. The van der Waals surface area contributed by atoms with E-state index in [1.54, 1.807) is 20.3 Å². The lowest BCUT2D eigenvalue weighted by Gasteiger charge is -2.50. The van der Waals surface area contributed by atoms with Gasteiger partial charge in [-0.25, -0.2) is 9.78 Å². The Labute approximate surface area is 216 Å². The van der Waals surface area contributed by atoms with Crippen LogP contribution in [-0.4, -0.2) is 41.8 Å². The molecule has 2 amide bonds. The number of thiazole rings is 1. The summed E-state index contributed by atoms with van der Waals surface area (Å²) in [5.41, 5.74) is 2.31. The Balaban J connectivity index is 1.31. The number of Topliss-reactive ketones (excluding diaryl/α,β-unsaturated/α-hetero) is 1. The van der Waals surface area contributed by atoms with Gasteiger partial charge in [0, 0.05) is 43.4 Å². The Morgan fingerprint density at radius 2 is 2.08 bits per heavy atom. The lowest BCUT2D eigenvalue weighted by Crippen LogP contribution is -2.44. The third-order valence-electron chi connectivity index (χ3n) is 8.72. The predicted octanol–water partition coefficient (Wildman–Crippen LogP) is 5.58. The molecule has 0 radical (unpaired) electrons. The third kappa shape index (κ3) is 4.56. The van der Waals surface area contributed by atoms with Gasteiger partial charge in [-0.15, -0.1) is 11.3 Å². The quantitative estimate of drug-likeness (QED) is 0.568. The van der Waals surface area contributed by atoms with Gasteiger partial charge >= 0.3 is 6.09 Å². The average Bonchev–Trinajstić information content (AvgIpc) is 3.36. The molecule has 3 aliphatic carbocycles. The predicted molar refractivity (Wildman–Crippen MR) is 139 cm³/mol. The van der Waals surface area contributed by atoms with Crippen molar-refractivity contribution >= 4 is 34.3 Å². The minimum absolute atomic E-state index is 0.0217. The fourth-order valence-corrected chi connectivity index (χ4v) is 7.73. The van der Waals surface area contributed by atoms with Gasteiger partial charge in [0.15, 0.2) is 5.13 Å². The van der Waals surface area contributed by atoms with Crippen molar-refractivity contribution in [1.82, 2.24) is 9.88 Å². The van der Waals surface area contributed by atoms with Crippen LogP contribution in [0.5, 0.6) is 5.75 Å².